The Hall–Kier alpha value is -4.15. The monoisotopic (exact) mass is 380 g/mol. The molecule has 11 nitrogen and oxygen atoms in total. The number of carbonyl (C=O) groups excluding carboxylic acids is 1. The number of rotatable bonds is 4. The van der Waals surface area contributed by atoms with E-state index >= 15 is 0 Å². The summed E-state index contributed by atoms with van der Waals surface area (Å²) in [6.07, 6.45) is 2.75. The molecule has 1 aromatic carbocycles. The summed E-state index contributed by atoms with van der Waals surface area (Å²) in [7, 11) is 0. The molecule has 4 aromatic rings. The molecule has 4 rings (SSSR count). The van der Waals surface area contributed by atoms with Crippen molar-refractivity contribution < 1.29 is 14.5 Å². The predicted molar refractivity (Wildman–Crippen MR) is 96.5 cm³/mol. The van der Waals surface area contributed by atoms with Crippen LogP contribution >= 0.6 is 0 Å². The molecule has 0 aliphatic carbocycles. The lowest BCUT2D eigenvalue weighted by atomic mass is 10.2. The largest absolute Gasteiger partial charge is 0.462 e. The number of aromatic nitrogens is 5. The maximum atomic E-state index is 12.9. The van der Waals surface area contributed by atoms with Crippen LogP contribution in [-0.2, 0) is 4.74 Å². The fourth-order valence-corrected chi connectivity index (χ4v) is 2.80. The summed E-state index contributed by atoms with van der Waals surface area (Å²) in [6.45, 7) is 1.88. The molecule has 0 radical (unpaired) electrons. The van der Waals surface area contributed by atoms with Gasteiger partial charge in [0, 0.05) is 18.3 Å². The molecule has 28 heavy (non-hydrogen) atoms. The zero-order chi connectivity index (χ0) is 19.8. The first-order chi connectivity index (χ1) is 13.5. The minimum atomic E-state index is -0.587. The Morgan fingerprint density at radius 3 is 2.86 bits per heavy atom. The highest BCUT2D eigenvalue weighted by atomic mass is 16.6. The number of benzene rings is 1. The van der Waals surface area contributed by atoms with E-state index in [4.69, 9.17) is 4.74 Å². The second-order valence-corrected chi connectivity index (χ2v) is 5.72. The summed E-state index contributed by atoms with van der Waals surface area (Å²) in [4.78, 5) is 35.3. The van der Waals surface area contributed by atoms with Crippen LogP contribution < -0.4 is 5.56 Å². The van der Waals surface area contributed by atoms with Crippen molar-refractivity contribution in [3.8, 4) is 5.69 Å². The lowest BCUT2D eigenvalue weighted by molar-refractivity contribution is -0.384. The average Bonchev–Trinajstić information content (AvgIpc) is 3.13. The van der Waals surface area contributed by atoms with Crippen molar-refractivity contribution in [3.63, 3.8) is 0 Å². The first-order valence-electron chi connectivity index (χ1n) is 8.19. The summed E-state index contributed by atoms with van der Waals surface area (Å²) in [5.74, 6) is -0.587. The van der Waals surface area contributed by atoms with E-state index < -0.39 is 16.5 Å². The molecule has 11 heteroatoms. The molecule has 0 N–H and O–H groups in total. The van der Waals surface area contributed by atoms with Crippen LogP contribution in [0.2, 0.25) is 0 Å². The Labute approximate surface area is 155 Å². The number of pyridine rings is 1. The van der Waals surface area contributed by atoms with Crippen LogP contribution in [0.25, 0.3) is 22.4 Å². The third-order valence-corrected chi connectivity index (χ3v) is 4.08. The van der Waals surface area contributed by atoms with E-state index in [0.717, 1.165) is 0 Å². The van der Waals surface area contributed by atoms with E-state index in [0.29, 0.717) is 11.2 Å². The van der Waals surface area contributed by atoms with Crippen LogP contribution in [0.5, 0.6) is 0 Å². The van der Waals surface area contributed by atoms with Crippen LogP contribution in [0.1, 0.15) is 17.3 Å². The quantitative estimate of drug-likeness (QED) is 0.295. The standard InChI is InChI=1S/C17H12N6O5/c1-2-28-17(25)12-9-18-22-13-6-7-21(16(24)14(13)19-20-15(12)22)10-4-3-5-11(8-10)23(26)27/h3-9H,2H2,1H3. The Morgan fingerprint density at radius 2 is 2.11 bits per heavy atom. The summed E-state index contributed by atoms with van der Waals surface area (Å²) in [5.41, 5.74) is 0.290. The summed E-state index contributed by atoms with van der Waals surface area (Å²) in [5, 5.41) is 23.0. The molecule has 0 saturated heterocycles. The molecule has 0 unspecified atom stereocenters. The first kappa shape index (κ1) is 17.3. The van der Waals surface area contributed by atoms with Gasteiger partial charge in [0.15, 0.2) is 11.2 Å². The highest BCUT2D eigenvalue weighted by molar-refractivity contribution is 5.96. The van der Waals surface area contributed by atoms with Gasteiger partial charge in [0.25, 0.3) is 11.2 Å². The lowest BCUT2D eigenvalue weighted by Gasteiger charge is -2.07. The minimum Gasteiger partial charge on any atom is -0.462 e. The van der Waals surface area contributed by atoms with E-state index in [1.54, 1.807) is 19.1 Å². The number of hydrogen-bond acceptors (Lipinski definition) is 8. The fraction of sp³-hybridized carbons (Fsp3) is 0.118. The van der Waals surface area contributed by atoms with Gasteiger partial charge in [0.2, 0.25) is 0 Å². The minimum absolute atomic E-state index is 0.0000139. The van der Waals surface area contributed by atoms with Gasteiger partial charge in [-0.05, 0) is 19.1 Å². The van der Waals surface area contributed by atoms with Gasteiger partial charge >= 0.3 is 5.97 Å². The van der Waals surface area contributed by atoms with Crippen molar-refractivity contribution in [2.45, 2.75) is 6.92 Å². The number of ether oxygens (including phenoxy) is 1. The average molecular weight is 380 g/mol. The van der Waals surface area contributed by atoms with Crippen LogP contribution in [0.3, 0.4) is 0 Å². The Kier molecular flexibility index (Phi) is 4.03. The van der Waals surface area contributed by atoms with Crippen LogP contribution in [0, 0.1) is 10.1 Å². The zero-order valence-corrected chi connectivity index (χ0v) is 14.5. The SMILES string of the molecule is CCOC(=O)c1cnn2c1nnc1c(=O)n(-c3cccc([N+](=O)[O-])c3)ccc12. The normalized spacial score (nSPS) is 11.0. The van der Waals surface area contributed by atoms with Gasteiger partial charge in [-0.2, -0.15) is 5.10 Å². The first-order valence-corrected chi connectivity index (χ1v) is 8.19. The van der Waals surface area contributed by atoms with Crippen molar-refractivity contribution >= 4 is 28.3 Å². The number of nitro benzene ring substituents is 1. The van der Waals surface area contributed by atoms with E-state index in [1.165, 1.54) is 39.7 Å². The molecule has 0 bridgehead atoms. The molecule has 3 aromatic heterocycles. The molecule has 0 spiro atoms. The molecule has 0 aliphatic rings. The van der Waals surface area contributed by atoms with Crippen molar-refractivity contribution in [3.05, 3.63) is 68.8 Å². The number of nitro groups is 1. The maximum Gasteiger partial charge on any atom is 0.343 e. The van der Waals surface area contributed by atoms with E-state index in [-0.39, 0.29) is 29.0 Å². The van der Waals surface area contributed by atoms with Crippen molar-refractivity contribution in [1.29, 1.82) is 0 Å². The fourth-order valence-electron chi connectivity index (χ4n) is 2.80. The highest BCUT2D eigenvalue weighted by Gasteiger charge is 2.19. The van der Waals surface area contributed by atoms with Crippen LogP contribution in [-0.4, -0.2) is 41.9 Å². The van der Waals surface area contributed by atoms with Crippen LogP contribution in [0.4, 0.5) is 5.69 Å². The molecule has 3 heterocycles. The maximum absolute atomic E-state index is 12.9. The number of fused-ring (bicyclic) bond motifs is 3. The second-order valence-electron chi connectivity index (χ2n) is 5.72. The predicted octanol–water partition coefficient (Wildman–Crippen LogP) is 1.51. The number of esters is 1. The van der Waals surface area contributed by atoms with E-state index in [9.17, 15) is 19.7 Å². The Balaban J connectivity index is 1.90. The number of non-ortho nitro benzene ring substituents is 1. The molecule has 0 fully saturated rings. The van der Waals surface area contributed by atoms with Crippen LogP contribution in [0.15, 0.2) is 47.5 Å². The Morgan fingerprint density at radius 1 is 1.29 bits per heavy atom. The van der Waals surface area contributed by atoms with Gasteiger partial charge < -0.3 is 4.74 Å². The van der Waals surface area contributed by atoms with Gasteiger partial charge in [0.1, 0.15) is 11.1 Å². The molecule has 0 saturated carbocycles. The zero-order valence-electron chi connectivity index (χ0n) is 14.5. The molecular formula is C17H12N6O5. The molecule has 0 aliphatic heterocycles. The molecule has 0 amide bonds. The van der Waals surface area contributed by atoms with Crippen molar-refractivity contribution in [2.75, 3.05) is 6.61 Å². The van der Waals surface area contributed by atoms with Crippen molar-refractivity contribution in [1.82, 2.24) is 24.4 Å². The van der Waals surface area contributed by atoms with Gasteiger partial charge in [0.05, 0.1) is 23.4 Å². The summed E-state index contributed by atoms with van der Waals surface area (Å²) < 4.78 is 7.51. The number of nitrogens with zero attached hydrogens (tertiary/aromatic N) is 6. The van der Waals surface area contributed by atoms with E-state index in [2.05, 4.69) is 15.3 Å². The third-order valence-electron chi connectivity index (χ3n) is 4.08. The van der Waals surface area contributed by atoms with Gasteiger partial charge in [-0.1, -0.05) is 6.07 Å². The topological polar surface area (TPSA) is 135 Å². The summed E-state index contributed by atoms with van der Waals surface area (Å²) in [6, 6.07) is 7.24. The number of carbonyl (C=O) groups is 1. The molecular weight excluding hydrogens is 368 g/mol. The summed E-state index contributed by atoms with van der Waals surface area (Å²) >= 11 is 0. The van der Waals surface area contributed by atoms with Gasteiger partial charge in [-0.3, -0.25) is 19.5 Å². The smallest absolute Gasteiger partial charge is 0.343 e. The second kappa shape index (κ2) is 6.54. The molecule has 140 valence electrons. The Bertz CT molecular complexity index is 1310. The lowest BCUT2D eigenvalue weighted by Crippen LogP contribution is -2.20. The van der Waals surface area contributed by atoms with Gasteiger partial charge in [-0.15, -0.1) is 10.2 Å². The van der Waals surface area contributed by atoms with Crippen molar-refractivity contribution in [2.24, 2.45) is 0 Å². The third kappa shape index (κ3) is 2.65. The number of hydrogen-bond donors (Lipinski definition) is 0. The van der Waals surface area contributed by atoms with E-state index in [1.807, 2.05) is 0 Å². The molecule has 0 atom stereocenters. The van der Waals surface area contributed by atoms with Gasteiger partial charge in [-0.25, -0.2) is 9.31 Å². The highest BCUT2D eigenvalue weighted by Crippen LogP contribution is 2.18.